The fraction of sp³-hybridized carbons (Fsp3) is 0.375. The van der Waals surface area contributed by atoms with Crippen LogP contribution in [0.15, 0.2) is 42.7 Å². The summed E-state index contributed by atoms with van der Waals surface area (Å²) in [6, 6.07) is 3.62. The Morgan fingerprint density at radius 3 is 2.79 bits per heavy atom. The summed E-state index contributed by atoms with van der Waals surface area (Å²) < 4.78 is 3.46. The van der Waals surface area contributed by atoms with Crippen molar-refractivity contribution in [2.75, 3.05) is 0 Å². The van der Waals surface area contributed by atoms with Gasteiger partial charge in [-0.15, -0.1) is 11.3 Å². The maximum Gasteiger partial charge on any atom is 0.283 e. The molecule has 8 nitrogen and oxygen atoms in total. The van der Waals surface area contributed by atoms with E-state index in [9.17, 15) is 14.4 Å². The highest BCUT2D eigenvalue weighted by molar-refractivity contribution is 7.18. The van der Waals surface area contributed by atoms with E-state index < -0.39 is 5.91 Å². The molecule has 2 aliphatic rings. The van der Waals surface area contributed by atoms with Crippen LogP contribution in [0.2, 0.25) is 0 Å². The Morgan fingerprint density at radius 2 is 2.09 bits per heavy atom. The molecule has 170 valence electrons. The molecule has 5 heterocycles. The Kier molecular flexibility index (Phi) is 4.97. The van der Waals surface area contributed by atoms with Crippen LogP contribution in [0, 0.1) is 17.8 Å². The molecule has 9 heteroatoms. The minimum atomic E-state index is -0.478. The van der Waals surface area contributed by atoms with Gasteiger partial charge in [0.05, 0.1) is 22.4 Å². The van der Waals surface area contributed by atoms with Crippen LogP contribution in [0.4, 0.5) is 0 Å². The lowest BCUT2D eigenvalue weighted by Crippen LogP contribution is -2.61. The predicted molar refractivity (Wildman–Crippen MR) is 123 cm³/mol. The van der Waals surface area contributed by atoms with Crippen molar-refractivity contribution in [2.24, 2.45) is 23.5 Å². The summed E-state index contributed by atoms with van der Waals surface area (Å²) in [4.78, 5) is 45.3. The van der Waals surface area contributed by atoms with Gasteiger partial charge >= 0.3 is 0 Å². The summed E-state index contributed by atoms with van der Waals surface area (Å²) in [5.74, 6) is 0.116. The number of carbonyl (C=O) groups excluding carboxylic acids is 3. The first-order valence-electron chi connectivity index (χ1n) is 11.0. The zero-order valence-corrected chi connectivity index (χ0v) is 19.8. The third kappa shape index (κ3) is 3.21. The smallest absolute Gasteiger partial charge is 0.283 e. The third-order valence-electron chi connectivity index (χ3n) is 6.78. The van der Waals surface area contributed by atoms with Crippen LogP contribution in [0.5, 0.6) is 0 Å². The summed E-state index contributed by atoms with van der Waals surface area (Å²) in [5, 5.41) is 0. The van der Waals surface area contributed by atoms with E-state index in [1.165, 1.54) is 16.9 Å². The number of primary amides is 1. The largest absolute Gasteiger partial charge is 0.364 e. The highest BCUT2D eigenvalue weighted by Gasteiger charge is 2.56. The number of imidazole rings is 1. The predicted octanol–water partition coefficient (Wildman–Crippen LogP) is 2.26. The average molecular weight is 465 g/mol. The molecule has 2 amide bonds. The van der Waals surface area contributed by atoms with E-state index >= 15 is 0 Å². The first-order chi connectivity index (χ1) is 15.7. The van der Waals surface area contributed by atoms with Gasteiger partial charge in [0.25, 0.3) is 5.91 Å². The van der Waals surface area contributed by atoms with E-state index in [1.54, 1.807) is 35.4 Å². The van der Waals surface area contributed by atoms with Gasteiger partial charge in [0, 0.05) is 23.9 Å². The first kappa shape index (κ1) is 21.5. The van der Waals surface area contributed by atoms with E-state index in [-0.39, 0.29) is 36.1 Å². The highest BCUT2D eigenvalue weighted by Crippen LogP contribution is 2.52. The lowest BCUT2D eigenvalue weighted by atomic mass is 9.74. The van der Waals surface area contributed by atoms with Gasteiger partial charge in [0.15, 0.2) is 12.4 Å². The number of amides is 2. The number of hydrogen-bond donors (Lipinski definition) is 1. The van der Waals surface area contributed by atoms with Crippen molar-refractivity contribution in [2.45, 2.75) is 40.3 Å². The maximum atomic E-state index is 13.2. The summed E-state index contributed by atoms with van der Waals surface area (Å²) >= 11 is 1.52. The van der Waals surface area contributed by atoms with Gasteiger partial charge < -0.3 is 10.6 Å². The van der Waals surface area contributed by atoms with Crippen molar-refractivity contribution in [3.05, 3.63) is 58.9 Å². The highest BCUT2D eigenvalue weighted by atomic mass is 32.1. The number of β-lactam (4-membered cyclic amide) rings is 1. The lowest BCUT2D eigenvalue weighted by Gasteiger charge is -2.47. The molecule has 0 spiro atoms. The van der Waals surface area contributed by atoms with Crippen LogP contribution in [-0.4, -0.2) is 37.9 Å². The molecule has 0 aliphatic carbocycles. The molecule has 0 aromatic carbocycles. The molecule has 1 saturated heterocycles. The molecule has 0 bridgehead atoms. The monoisotopic (exact) mass is 464 g/mol. The van der Waals surface area contributed by atoms with Gasteiger partial charge in [-0.2, -0.15) is 4.57 Å². The van der Waals surface area contributed by atoms with Gasteiger partial charge in [-0.25, -0.2) is 4.98 Å². The van der Waals surface area contributed by atoms with Crippen molar-refractivity contribution < 1.29 is 19.0 Å². The summed E-state index contributed by atoms with van der Waals surface area (Å²) in [6.07, 6.45) is 6.95. The molecule has 2 aliphatic heterocycles. The van der Waals surface area contributed by atoms with E-state index in [0.717, 1.165) is 15.4 Å². The molecule has 33 heavy (non-hydrogen) atoms. The van der Waals surface area contributed by atoms with Gasteiger partial charge in [-0.3, -0.25) is 18.8 Å². The molecular weight excluding hydrogens is 438 g/mol. The quantitative estimate of drug-likeness (QED) is 0.343. The minimum Gasteiger partial charge on any atom is -0.364 e. The van der Waals surface area contributed by atoms with E-state index in [1.807, 2.05) is 22.4 Å². The fourth-order valence-electron chi connectivity index (χ4n) is 5.32. The maximum absolute atomic E-state index is 13.2. The van der Waals surface area contributed by atoms with Crippen molar-refractivity contribution in [1.82, 2.24) is 14.3 Å². The van der Waals surface area contributed by atoms with Crippen LogP contribution >= 0.6 is 11.3 Å². The number of aromatic nitrogens is 3. The summed E-state index contributed by atoms with van der Waals surface area (Å²) in [7, 11) is 0. The molecule has 3 aromatic rings. The molecule has 0 unspecified atom stereocenters. The van der Waals surface area contributed by atoms with Crippen molar-refractivity contribution in [3.63, 3.8) is 0 Å². The van der Waals surface area contributed by atoms with Crippen LogP contribution in [0.1, 0.15) is 48.6 Å². The minimum absolute atomic E-state index is 0.00193. The van der Waals surface area contributed by atoms with Crippen molar-refractivity contribution in [3.8, 4) is 0 Å². The molecule has 0 radical (unpaired) electrons. The van der Waals surface area contributed by atoms with Gasteiger partial charge in [-0.05, 0) is 24.5 Å². The summed E-state index contributed by atoms with van der Waals surface area (Å²) in [6.45, 7) is 8.42. The summed E-state index contributed by atoms with van der Waals surface area (Å²) in [5.41, 5.74) is 8.26. The lowest BCUT2D eigenvalue weighted by molar-refractivity contribution is -0.684. The topological polar surface area (TPSA) is 102 Å². The van der Waals surface area contributed by atoms with E-state index in [0.29, 0.717) is 17.2 Å². The second kappa shape index (κ2) is 7.62. The Morgan fingerprint density at radius 1 is 1.33 bits per heavy atom. The molecule has 5 rings (SSSR count). The molecule has 2 N–H and O–H groups in total. The zero-order valence-electron chi connectivity index (χ0n) is 19.0. The second-order valence-corrected chi connectivity index (χ2v) is 10.2. The number of nitrogens with two attached hydrogens (primary N) is 1. The number of ketones is 1. The zero-order chi connectivity index (χ0) is 23.6. The number of fused-ring (bicyclic) bond motifs is 2. The number of nitrogens with zero attached hydrogens (tertiary/aromatic N) is 4. The number of carbonyl (C=O) groups is 3. The van der Waals surface area contributed by atoms with Crippen LogP contribution < -0.4 is 10.3 Å². The second-order valence-electron chi connectivity index (χ2n) is 9.22. The van der Waals surface area contributed by atoms with Crippen LogP contribution in [-0.2, 0) is 16.1 Å². The average Bonchev–Trinajstić information content (AvgIpc) is 3.36. The van der Waals surface area contributed by atoms with E-state index in [4.69, 9.17) is 5.73 Å². The number of rotatable bonds is 6. The van der Waals surface area contributed by atoms with E-state index in [2.05, 4.69) is 25.8 Å². The molecule has 3 aromatic heterocycles. The molecule has 3 atom stereocenters. The van der Waals surface area contributed by atoms with Crippen LogP contribution in [0.25, 0.3) is 10.4 Å². The Balaban J connectivity index is 1.49. The van der Waals surface area contributed by atoms with Crippen LogP contribution in [0.3, 0.4) is 0 Å². The number of allylic oxidation sites excluding steroid dienone is 1. The first-order valence-corrected chi connectivity index (χ1v) is 11.8. The Bertz CT molecular complexity index is 1350. The van der Waals surface area contributed by atoms with Gasteiger partial charge in [0.1, 0.15) is 16.9 Å². The van der Waals surface area contributed by atoms with Gasteiger partial charge in [-0.1, -0.05) is 20.8 Å². The molecule has 1 fully saturated rings. The Labute approximate surface area is 195 Å². The SMILES string of the molecule is CC1=C(c2cn3cnc(C(=O)c4ccc[n+](CC(N)=O)c4)c3s2)[C@H](C)[C@@H]2[C@@H](C(C)C)C(=O)N12. The standard InChI is InChI=1S/C24H25N5O3S/c1-12(2)18-21-13(3)19(14(4)29(21)23(18)32)16-9-28-11-26-20(24(28)33-16)22(31)15-6-5-7-27(8-15)10-17(25)30/h5-9,11-13,18,21H,10H2,1-4H3,(H-,25,30)/p+1/t13-,18+,21+/m0/s1. The molecule has 0 saturated carbocycles. The number of thiazole rings is 1. The normalized spacial score (nSPS) is 22.3. The number of hydrogen-bond acceptors (Lipinski definition) is 5. The van der Waals surface area contributed by atoms with Crippen molar-refractivity contribution in [1.29, 1.82) is 0 Å². The van der Waals surface area contributed by atoms with Gasteiger partial charge in [0.2, 0.25) is 18.2 Å². The Hall–Kier alpha value is -3.33. The molecular formula is C24H26N5O3S+. The fourth-order valence-corrected chi connectivity index (χ4v) is 6.58. The van der Waals surface area contributed by atoms with Crippen molar-refractivity contribution >= 4 is 39.3 Å². The number of pyridine rings is 1. The third-order valence-corrected chi connectivity index (χ3v) is 7.92.